The molecule has 0 aliphatic heterocycles. The molecule has 0 aromatic carbocycles. The van der Waals surface area contributed by atoms with Gasteiger partial charge in [0.1, 0.15) is 17.2 Å². The SMILES string of the molecule is Cc1c(-c2ncc(C=O)cc2F)nn(C)c1N. The molecule has 0 amide bonds. The van der Waals surface area contributed by atoms with Crippen LogP contribution in [-0.2, 0) is 7.05 Å². The largest absolute Gasteiger partial charge is 0.384 e. The van der Waals surface area contributed by atoms with Crippen LogP contribution in [0, 0.1) is 12.7 Å². The molecule has 0 atom stereocenters. The second-order valence-corrected chi connectivity index (χ2v) is 3.70. The van der Waals surface area contributed by atoms with Crippen molar-refractivity contribution in [2.24, 2.45) is 7.05 Å². The minimum Gasteiger partial charge on any atom is -0.384 e. The number of rotatable bonds is 2. The quantitative estimate of drug-likeness (QED) is 0.795. The Labute approximate surface area is 97.1 Å². The van der Waals surface area contributed by atoms with Crippen LogP contribution in [0.4, 0.5) is 10.2 Å². The van der Waals surface area contributed by atoms with Crippen LogP contribution in [0.15, 0.2) is 12.3 Å². The molecular weight excluding hydrogens is 223 g/mol. The first-order valence-corrected chi connectivity index (χ1v) is 4.94. The van der Waals surface area contributed by atoms with Gasteiger partial charge >= 0.3 is 0 Å². The summed E-state index contributed by atoms with van der Waals surface area (Å²) in [6.45, 7) is 1.74. The van der Waals surface area contributed by atoms with Gasteiger partial charge in [0, 0.05) is 24.4 Å². The average molecular weight is 234 g/mol. The maximum atomic E-state index is 13.7. The fourth-order valence-electron chi connectivity index (χ4n) is 1.56. The predicted octanol–water partition coefficient (Wildman–Crippen LogP) is 1.32. The van der Waals surface area contributed by atoms with Crippen molar-refractivity contribution in [3.8, 4) is 11.4 Å². The van der Waals surface area contributed by atoms with Gasteiger partial charge in [-0.1, -0.05) is 0 Å². The predicted molar refractivity (Wildman–Crippen MR) is 60.9 cm³/mol. The monoisotopic (exact) mass is 234 g/mol. The third-order valence-corrected chi connectivity index (χ3v) is 2.56. The molecule has 0 aliphatic rings. The molecule has 0 saturated carbocycles. The number of halogens is 1. The first-order chi connectivity index (χ1) is 8.04. The molecule has 2 aromatic rings. The lowest BCUT2D eigenvalue weighted by molar-refractivity contribution is 0.112. The minimum absolute atomic E-state index is 0.0976. The van der Waals surface area contributed by atoms with Gasteiger partial charge < -0.3 is 5.73 Å². The highest BCUT2D eigenvalue weighted by Crippen LogP contribution is 2.26. The van der Waals surface area contributed by atoms with Crippen molar-refractivity contribution >= 4 is 12.1 Å². The van der Waals surface area contributed by atoms with Gasteiger partial charge in [0.25, 0.3) is 0 Å². The molecule has 0 spiro atoms. The Hall–Kier alpha value is -2.24. The first-order valence-electron chi connectivity index (χ1n) is 4.94. The maximum absolute atomic E-state index is 13.7. The van der Waals surface area contributed by atoms with E-state index in [0.29, 0.717) is 23.4 Å². The van der Waals surface area contributed by atoms with Crippen LogP contribution in [0.5, 0.6) is 0 Å². The molecule has 5 nitrogen and oxygen atoms in total. The molecule has 88 valence electrons. The number of nitrogens with two attached hydrogens (primary N) is 1. The van der Waals surface area contributed by atoms with Gasteiger partial charge in [-0.3, -0.25) is 14.5 Å². The van der Waals surface area contributed by atoms with Crippen molar-refractivity contribution < 1.29 is 9.18 Å². The highest BCUT2D eigenvalue weighted by molar-refractivity contribution is 5.75. The number of hydrogen-bond donors (Lipinski definition) is 1. The van der Waals surface area contributed by atoms with E-state index in [9.17, 15) is 9.18 Å². The number of nitrogens with zero attached hydrogens (tertiary/aromatic N) is 3. The van der Waals surface area contributed by atoms with Gasteiger partial charge in [0.15, 0.2) is 12.1 Å². The minimum atomic E-state index is -0.587. The third-order valence-electron chi connectivity index (χ3n) is 2.56. The number of pyridine rings is 1. The number of carbonyl (C=O) groups excluding carboxylic acids is 1. The van der Waals surface area contributed by atoms with Gasteiger partial charge in [0.2, 0.25) is 0 Å². The summed E-state index contributed by atoms with van der Waals surface area (Å²) in [5, 5.41) is 4.10. The van der Waals surface area contributed by atoms with E-state index in [2.05, 4.69) is 10.1 Å². The van der Waals surface area contributed by atoms with E-state index in [4.69, 9.17) is 5.73 Å². The Kier molecular flexibility index (Phi) is 2.63. The number of nitrogen functional groups attached to an aromatic ring is 1. The number of hydrogen-bond acceptors (Lipinski definition) is 4. The fourth-order valence-corrected chi connectivity index (χ4v) is 1.56. The van der Waals surface area contributed by atoms with E-state index in [0.717, 1.165) is 6.07 Å². The Morgan fingerprint density at radius 2 is 2.18 bits per heavy atom. The second-order valence-electron chi connectivity index (χ2n) is 3.70. The van der Waals surface area contributed by atoms with Crippen LogP contribution < -0.4 is 5.73 Å². The van der Waals surface area contributed by atoms with Gasteiger partial charge in [-0.25, -0.2) is 4.39 Å². The summed E-state index contributed by atoms with van der Waals surface area (Å²) in [5.41, 5.74) is 7.08. The highest BCUT2D eigenvalue weighted by Gasteiger charge is 2.16. The molecule has 0 bridgehead atoms. The van der Waals surface area contributed by atoms with Gasteiger partial charge in [-0.2, -0.15) is 5.10 Å². The molecule has 2 rings (SSSR count). The highest BCUT2D eigenvalue weighted by atomic mass is 19.1. The molecule has 0 aliphatic carbocycles. The Morgan fingerprint density at radius 1 is 1.47 bits per heavy atom. The summed E-state index contributed by atoms with van der Waals surface area (Å²) >= 11 is 0. The molecule has 0 fully saturated rings. The van der Waals surface area contributed by atoms with Crippen LogP contribution in [0.1, 0.15) is 15.9 Å². The van der Waals surface area contributed by atoms with Gasteiger partial charge in [0.05, 0.1) is 0 Å². The van der Waals surface area contributed by atoms with Crippen molar-refractivity contribution in [1.29, 1.82) is 0 Å². The van der Waals surface area contributed by atoms with E-state index in [1.807, 2.05) is 0 Å². The average Bonchev–Trinajstić information content (AvgIpc) is 2.57. The summed E-state index contributed by atoms with van der Waals surface area (Å²) in [7, 11) is 1.67. The molecule has 2 heterocycles. The van der Waals surface area contributed by atoms with Crippen LogP contribution in [0.3, 0.4) is 0 Å². The van der Waals surface area contributed by atoms with Crippen molar-refractivity contribution in [3.05, 3.63) is 29.2 Å². The fraction of sp³-hybridized carbons (Fsp3) is 0.182. The van der Waals surface area contributed by atoms with Crippen molar-refractivity contribution in [2.75, 3.05) is 5.73 Å². The van der Waals surface area contributed by atoms with Gasteiger partial charge in [-0.05, 0) is 13.0 Å². The molecule has 0 saturated heterocycles. The van der Waals surface area contributed by atoms with E-state index < -0.39 is 5.82 Å². The van der Waals surface area contributed by atoms with Crippen molar-refractivity contribution in [2.45, 2.75) is 6.92 Å². The zero-order valence-electron chi connectivity index (χ0n) is 9.44. The first kappa shape index (κ1) is 11.3. The van der Waals surface area contributed by atoms with Crippen LogP contribution in [0.2, 0.25) is 0 Å². The van der Waals surface area contributed by atoms with Crippen LogP contribution in [-0.4, -0.2) is 21.1 Å². The van der Waals surface area contributed by atoms with Crippen molar-refractivity contribution in [1.82, 2.24) is 14.8 Å². The van der Waals surface area contributed by atoms with E-state index in [-0.39, 0.29) is 11.3 Å². The Balaban J connectivity index is 2.60. The molecule has 2 aromatic heterocycles. The second kappa shape index (κ2) is 3.97. The summed E-state index contributed by atoms with van der Waals surface area (Å²) in [4.78, 5) is 14.4. The summed E-state index contributed by atoms with van der Waals surface area (Å²) in [5.74, 6) is -0.128. The van der Waals surface area contributed by atoms with Crippen LogP contribution >= 0.6 is 0 Å². The number of aryl methyl sites for hydroxylation is 1. The summed E-state index contributed by atoms with van der Waals surface area (Å²) in [6, 6.07) is 1.12. The lowest BCUT2D eigenvalue weighted by Gasteiger charge is -2.00. The van der Waals surface area contributed by atoms with E-state index in [1.165, 1.54) is 10.9 Å². The lowest BCUT2D eigenvalue weighted by atomic mass is 10.1. The topological polar surface area (TPSA) is 73.8 Å². The Morgan fingerprint density at radius 3 is 2.65 bits per heavy atom. The number of aromatic nitrogens is 3. The van der Waals surface area contributed by atoms with Crippen LogP contribution in [0.25, 0.3) is 11.4 Å². The molecular formula is C11H11FN4O. The number of carbonyl (C=O) groups is 1. The standard InChI is InChI=1S/C11H11FN4O/c1-6-9(15-16(2)11(6)13)10-8(12)3-7(5-17)4-14-10/h3-5H,13H2,1-2H3. The zero-order chi connectivity index (χ0) is 12.6. The molecule has 0 unspecified atom stereocenters. The molecule has 6 heteroatoms. The summed E-state index contributed by atoms with van der Waals surface area (Å²) < 4.78 is 15.2. The number of anilines is 1. The lowest BCUT2D eigenvalue weighted by Crippen LogP contribution is -1.97. The summed E-state index contributed by atoms with van der Waals surface area (Å²) in [6.07, 6.45) is 1.84. The molecule has 17 heavy (non-hydrogen) atoms. The van der Waals surface area contributed by atoms with E-state index in [1.54, 1.807) is 14.0 Å². The molecule has 2 N–H and O–H groups in total. The van der Waals surface area contributed by atoms with Gasteiger partial charge in [-0.15, -0.1) is 0 Å². The van der Waals surface area contributed by atoms with E-state index >= 15 is 0 Å². The zero-order valence-corrected chi connectivity index (χ0v) is 9.44. The third kappa shape index (κ3) is 1.77. The molecule has 0 radical (unpaired) electrons. The smallest absolute Gasteiger partial charge is 0.151 e. The Bertz CT molecular complexity index is 591. The normalized spacial score (nSPS) is 10.5. The maximum Gasteiger partial charge on any atom is 0.151 e. The van der Waals surface area contributed by atoms with Crippen molar-refractivity contribution in [3.63, 3.8) is 0 Å². The number of aldehydes is 1.